The number of halogens is 1. The van der Waals surface area contributed by atoms with Gasteiger partial charge in [0, 0.05) is 55.2 Å². The van der Waals surface area contributed by atoms with Gasteiger partial charge in [0.1, 0.15) is 17.2 Å². The topological polar surface area (TPSA) is 49.0 Å². The molecule has 0 radical (unpaired) electrons. The van der Waals surface area contributed by atoms with Crippen molar-refractivity contribution in [2.24, 2.45) is 0 Å². The second-order valence-electron chi connectivity index (χ2n) is 19.7. The van der Waals surface area contributed by atoms with Gasteiger partial charge in [-0.3, -0.25) is 4.57 Å². The Labute approximate surface area is 435 Å². The molecule has 0 unspecified atom stereocenters. The van der Waals surface area contributed by atoms with Gasteiger partial charge in [-0.2, -0.15) is 6.07 Å². The summed E-state index contributed by atoms with van der Waals surface area (Å²) in [5.74, 6) is 1.35. The van der Waals surface area contributed by atoms with Crippen molar-refractivity contribution >= 4 is 54.8 Å². The van der Waals surface area contributed by atoms with Gasteiger partial charge in [0.15, 0.2) is 0 Å². The molecule has 8 heteroatoms. The second-order valence-corrected chi connectivity index (χ2v) is 19.7. The van der Waals surface area contributed by atoms with Gasteiger partial charge in [0.2, 0.25) is 0 Å². The molecule has 9 aromatic carbocycles. The Morgan fingerprint density at radius 1 is 0.589 bits per heavy atom. The molecule has 0 saturated heterocycles. The largest absolute Gasteiger partial charge is 0.519 e. The molecule has 0 fully saturated rings. The number of aryl methyl sites for hydroxylation is 1. The molecule has 5 heterocycles. The molecule has 6 nitrogen and oxygen atoms in total. The SMILES string of the molecule is Cc1cc2oc3c(-n4[c-][n+]5c6c(cccc64)-c4ccccc4-c4ccccc4-c4cccc(-c6ccccc6)c4-5)[c-]c(Oc4[c-]c5c(cc4)c4ccccc4n5-c4cc(C(C)(C)C)ccn4)cc3c2cc1F.[Pt]. The van der Waals surface area contributed by atoms with E-state index >= 15 is 4.39 Å². The van der Waals surface area contributed by atoms with Crippen molar-refractivity contribution in [2.75, 3.05) is 0 Å². The van der Waals surface area contributed by atoms with E-state index in [1.165, 1.54) is 5.56 Å². The third kappa shape index (κ3) is 7.01. The van der Waals surface area contributed by atoms with Crippen LogP contribution in [-0.4, -0.2) is 14.1 Å². The molecule has 73 heavy (non-hydrogen) atoms. The average Bonchev–Trinajstić information content (AvgIpc) is 4.08. The first-order chi connectivity index (χ1) is 35.2. The predicted octanol–water partition coefficient (Wildman–Crippen LogP) is 16.2. The van der Waals surface area contributed by atoms with Crippen molar-refractivity contribution in [1.82, 2.24) is 14.1 Å². The van der Waals surface area contributed by atoms with Crippen molar-refractivity contribution in [3.8, 4) is 73.2 Å². The first kappa shape index (κ1) is 44.6. The van der Waals surface area contributed by atoms with E-state index in [1.807, 2.05) is 35.0 Å². The summed E-state index contributed by atoms with van der Waals surface area (Å²) in [7, 11) is 0. The summed E-state index contributed by atoms with van der Waals surface area (Å²) in [6, 6.07) is 69.9. The summed E-state index contributed by atoms with van der Waals surface area (Å²) >= 11 is 0. The molecule has 0 aliphatic carbocycles. The molecule has 0 spiro atoms. The van der Waals surface area contributed by atoms with Crippen LogP contribution in [0.15, 0.2) is 193 Å². The molecule has 4 aromatic heterocycles. The van der Waals surface area contributed by atoms with E-state index in [4.69, 9.17) is 14.1 Å². The van der Waals surface area contributed by atoms with E-state index in [9.17, 15) is 0 Å². The van der Waals surface area contributed by atoms with E-state index in [2.05, 4.69) is 194 Å². The Morgan fingerprint density at radius 3 is 2.03 bits per heavy atom. The fourth-order valence-electron chi connectivity index (χ4n) is 10.9. The van der Waals surface area contributed by atoms with Gasteiger partial charge in [-0.25, -0.2) is 9.37 Å². The van der Waals surface area contributed by atoms with Crippen LogP contribution in [0.5, 0.6) is 11.5 Å². The number of nitrogens with zero attached hydrogens (tertiary/aromatic N) is 4. The first-order valence-corrected chi connectivity index (χ1v) is 24.2. The summed E-state index contributed by atoms with van der Waals surface area (Å²) in [6.07, 6.45) is 5.77. The molecular formula is C65H43FN4O2Pt-2. The molecule has 0 amide bonds. The Hall–Kier alpha value is -8.38. The van der Waals surface area contributed by atoms with E-state index in [0.29, 0.717) is 44.7 Å². The van der Waals surface area contributed by atoms with Gasteiger partial charge in [-0.15, -0.1) is 29.7 Å². The van der Waals surface area contributed by atoms with Gasteiger partial charge in [-0.1, -0.05) is 165 Å². The van der Waals surface area contributed by atoms with Crippen LogP contribution in [0.4, 0.5) is 4.39 Å². The number of imidazole rings is 1. The summed E-state index contributed by atoms with van der Waals surface area (Å²) in [4.78, 5) is 4.89. The Balaban J connectivity index is 0.00000516. The molecule has 14 rings (SSSR count). The number of fused-ring (bicyclic) bond motifs is 13. The van der Waals surface area contributed by atoms with E-state index < -0.39 is 0 Å². The minimum absolute atomic E-state index is 0. The monoisotopic (exact) mass is 1130 g/mol. The third-order valence-electron chi connectivity index (χ3n) is 14.3. The van der Waals surface area contributed by atoms with Crippen LogP contribution in [0, 0.1) is 31.2 Å². The Morgan fingerprint density at radius 2 is 1.25 bits per heavy atom. The number of rotatable bonds is 5. The number of furan rings is 1. The van der Waals surface area contributed by atoms with Crippen LogP contribution in [0.25, 0.3) is 116 Å². The maximum Gasteiger partial charge on any atom is 0.268 e. The molecule has 13 aromatic rings. The first-order valence-electron chi connectivity index (χ1n) is 24.2. The Kier molecular flexibility index (Phi) is 10.3. The summed E-state index contributed by atoms with van der Waals surface area (Å²) in [5.41, 5.74) is 16.5. The molecule has 1 aliphatic heterocycles. The van der Waals surface area contributed by atoms with Crippen LogP contribution in [0.1, 0.15) is 31.9 Å². The van der Waals surface area contributed by atoms with Gasteiger partial charge in [-0.05, 0) is 109 Å². The molecule has 0 atom stereocenters. The van der Waals surface area contributed by atoms with Gasteiger partial charge in [0.05, 0.1) is 16.7 Å². The third-order valence-corrected chi connectivity index (χ3v) is 14.3. The molecule has 0 bridgehead atoms. The van der Waals surface area contributed by atoms with Crippen LogP contribution < -0.4 is 9.30 Å². The number of ether oxygens (including phenoxy) is 1. The van der Waals surface area contributed by atoms with Crippen LogP contribution in [-0.2, 0) is 26.5 Å². The second kappa shape index (κ2) is 16.9. The average molecular weight is 1130 g/mol. The standard InChI is InChI=1S/C65H43FN4O2.Pt/c1-39-32-60-53(37-55(39)66)54-34-43(71-42-28-29-50-49-22-12-13-26-56(49)70(58(50)35-42)61-33-41(30-31-67-61)65(2,3)4)36-59(64(54)72-60)68-38-69-62-44(40-16-6-5-7-17-40)23-14-24-51(62)47-20-10-8-18-45(47)46-19-9-11-21-48(46)52-25-15-27-57(68)63(52)69;/h5-34,37H,1-4H3;/q-2;. The number of hydrogen-bond donors (Lipinski definition) is 0. The molecule has 0 saturated carbocycles. The summed E-state index contributed by atoms with van der Waals surface area (Å²) in [5, 5.41) is 3.41. The van der Waals surface area contributed by atoms with E-state index in [1.54, 1.807) is 19.1 Å². The Bertz CT molecular complexity index is 4390. The van der Waals surface area contributed by atoms with Crippen molar-refractivity contribution in [3.05, 3.63) is 224 Å². The van der Waals surface area contributed by atoms with Crippen molar-refractivity contribution in [2.45, 2.75) is 33.1 Å². The fourth-order valence-corrected chi connectivity index (χ4v) is 10.9. The molecule has 1 aliphatic rings. The minimum Gasteiger partial charge on any atom is -0.519 e. The fraction of sp³-hybridized carbons (Fsp3) is 0.0769. The quantitative estimate of drug-likeness (QED) is 0.127. The van der Waals surface area contributed by atoms with Crippen molar-refractivity contribution < 1.29 is 39.2 Å². The van der Waals surface area contributed by atoms with Crippen molar-refractivity contribution in [1.29, 1.82) is 0 Å². The number of para-hydroxylation sites is 3. The minimum atomic E-state index is -0.322. The number of benzene rings is 9. The summed E-state index contributed by atoms with van der Waals surface area (Å²) < 4.78 is 35.8. The normalized spacial score (nSPS) is 12.1. The maximum absolute atomic E-state index is 15.7. The zero-order valence-corrected chi connectivity index (χ0v) is 42.5. The van der Waals surface area contributed by atoms with E-state index in [-0.39, 0.29) is 32.3 Å². The molecule has 354 valence electrons. The zero-order valence-electron chi connectivity index (χ0n) is 40.2. The van der Waals surface area contributed by atoms with Gasteiger partial charge >= 0.3 is 0 Å². The number of pyridine rings is 1. The maximum atomic E-state index is 15.7. The number of aromatic nitrogens is 4. The van der Waals surface area contributed by atoms with Crippen LogP contribution in [0.2, 0.25) is 0 Å². The van der Waals surface area contributed by atoms with Crippen molar-refractivity contribution in [3.63, 3.8) is 0 Å². The predicted molar refractivity (Wildman–Crippen MR) is 286 cm³/mol. The smallest absolute Gasteiger partial charge is 0.268 e. The van der Waals surface area contributed by atoms with Gasteiger partial charge in [0.25, 0.3) is 6.33 Å². The summed E-state index contributed by atoms with van der Waals surface area (Å²) in [6.45, 7) is 8.38. The zero-order chi connectivity index (χ0) is 48.4. The molecule has 0 N–H and O–H groups in total. The molecular weight excluding hydrogens is 1080 g/mol. The van der Waals surface area contributed by atoms with Crippen LogP contribution in [0.3, 0.4) is 0 Å². The van der Waals surface area contributed by atoms with Gasteiger partial charge < -0.3 is 18.3 Å². The van der Waals surface area contributed by atoms with E-state index in [0.717, 1.165) is 88.9 Å². The van der Waals surface area contributed by atoms with Crippen LogP contribution >= 0.6 is 0 Å². The number of hydrogen-bond acceptors (Lipinski definition) is 3.